The van der Waals surface area contributed by atoms with Crippen molar-refractivity contribution >= 4 is 0 Å². The van der Waals surface area contributed by atoms with Crippen molar-refractivity contribution in [3.63, 3.8) is 0 Å². The minimum atomic E-state index is -2.26. The van der Waals surface area contributed by atoms with Gasteiger partial charge >= 0.3 is 0 Å². The van der Waals surface area contributed by atoms with Crippen LogP contribution in [0.25, 0.3) is 0 Å². The van der Waals surface area contributed by atoms with Crippen molar-refractivity contribution in [1.29, 1.82) is 0 Å². The van der Waals surface area contributed by atoms with E-state index in [1.807, 2.05) is 13.8 Å². The fourth-order valence-electron chi connectivity index (χ4n) is 0.947. The molecule has 0 aromatic carbocycles. The van der Waals surface area contributed by atoms with Crippen molar-refractivity contribution in [1.82, 2.24) is 4.90 Å². The predicted molar refractivity (Wildman–Crippen MR) is 41.8 cm³/mol. The Hall–Kier alpha value is -0.220. The molecule has 1 atom stereocenters. The number of halogens is 2. The van der Waals surface area contributed by atoms with E-state index in [9.17, 15) is 8.78 Å². The summed E-state index contributed by atoms with van der Waals surface area (Å²) in [6.45, 7) is 4.60. The fraction of sp³-hybridized carbons (Fsp3) is 1.00. The maximum Gasteiger partial charge on any atom is 0.251 e. The summed E-state index contributed by atoms with van der Waals surface area (Å²) in [5.41, 5.74) is 5.34. The molecule has 0 aromatic rings. The molecule has 0 spiro atoms. The molecule has 0 unspecified atom stereocenters. The normalized spacial score (nSPS) is 14.5. The second-order valence-electron chi connectivity index (χ2n) is 2.56. The highest BCUT2D eigenvalue weighted by molar-refractivity contribution is 4.66. The number of hydrogen-bond donors (Lipinski definition) is 1. The van der Waals surface area contributed by atoms with Gasteiger partial charge in [0.25, 0.3) is 6.43 Å². The third-order valence-electron chi connectivity index (χ3n) is 1.74. The molecule has 0 aliphatic carbocycles. The predicted octanol–water partition coefficient (Wildman–Crippen LogP) is 0.921. The zero-order chi connectivity index (χ0) is 8.85. The fourth-order valence-corrected chi connectivity index (χ4v) is 0.947. The van der Waals surface area contributed by atoms with Gasteiger partial charge in [-0.25, -0.2) is 8.78 Å². The number of hydrogen-bond acceptors (Lipinski definition) is 2. The van der Waals surface area contributed by atoms with Crippen molar-refractivity contribution in [2.75, 3.05) is 19.6 Å². The van der Waals surface area contributed by atoms with Crippen molar-refractivity contribution in [2.24, 2.45) is 5.73 Å². The van der Waals surface area contributed by atoms with Crippen molar-refractivity contribution in [3.05, 3.63) is 0 Å². The van der Waals surface area contributed by atoms with Crippen LogP contribution in [0.4, 0.5) is 8.78 Å². The van der Waals surface area contributed by atoms with Crippen LogP contribution in [-0.4, -0.2) is 37.0 Å². The molecule has 0 saturated heterocycles. The van der Waals surface area contributed by atoms with Crippen LogP contribution in [0.5, 0.6) is 0 Å². The van der Waals surface area contributed by atoms with Crippen molar-refractivity contribution in [3.8, 4) is 0 Å². The molecule has 11 heavy (non-hydrogen) atoms. The maximum absolute atomic E-state index is 11.9. The van der Waals surface area contributed by atoms with Crippen molar-refractivity contribution in [2.45, 2.75) is 26.3 Å². The zero-order valence-corrected chi connectivity index (χ0v) is 7.06. The summed E-state index contributed by atoms with van der Waals surface area (Å²) in [5, 5.41) is 0. The molecule has 0 aliphatic heterocycles. The number of likely N-dealkylation sites (N-methyl/N-ethyl adjacent to an activating group) is 1. The summed E-state index contributed by atoms with van der Waals surface area (Å²) >= 11 is 0. The summed E-state index contributed by atoms with van der Waals surface area (Å²) in [6.07, 6.45) is -2.26. The Labute approximate surface area is 66.4 Å². The largest absolute Gasteiger partial charge is 0.329 e. The first-order chi connectivity index (χ1) is 5.11. The van der Waals surface area contributed by atoms with Gasteiger partial charge in [0.2, 0.25) is 0 Å². The molecule has 4 heteroatoms. The molecule has 0 rings (SSSR count). The van der Waals surface area contributed by atoms with Gasteiger partial charge in [0, 0.05) is 12.6 Å². The van der Waals surface area contributed by atoms with Crippen LogP contribution >= 0.6 is 0 Å². The minimum Gasteiger partial charge on any atom is -0.329 e. The summed E-state index contributed by atoms with van der Waals surface area (Å²) < 4.78 is 23.8. The third-order valence-corrected chi connectivity index (χ3v) is 1.74. The van der Waals surface area contributed by atoms with Crippen LogP contribution < -0.4 is 5.73 Å². The molecule has 0 radical (unpaired) electrons. The first-order valence-corrected chi connectivity index (χ1v) is 3.84. The van der Waals surface area contributed by atoms with Crippen LogP contribution in [0.3, 0.4) is 0 Å². The highest BCUT2D eigenvalue weighted by Crippen LogP contribution is 2.02. The van der Waals surface area contributed by atoms with E-state index in [1.54, 1.807) is 4.90 Å². The van der Waals surface area contributed by atoms with E-state index in [-0.39, 0.29) is 12.6 Å². The zero-order valence-electron chi connectivity index (χ0n) is 7.06. The lowest BCUT2D eigenvalue weighted by molar-refractivity contribution is 0.0742. The number of nitrogens with two attached hydrogens (primary N) is 1. The Morgan fingerprint density at radius 3 is 2.27 bits per heavy atom. The summed E-state index contributed by atoms with van der Waals surface area (Å²) in [7, 11) is 0. The van der Waals surface area contributed by atoms with E-state index in [0.29, 0.717) is 13.1 Å². The highest BCUT2D eigenvalue weighted by atomic mass is 19.3. The van der Waals surface area contributed by atoms with E-state index in [1.165, 1.54) is 0 Å². The van der Waals surface area contributed by atoms with E-state index in [0.717, 1.165) is 0 Å². The van der Waals surface area contributed by atoms with E-state index in [2.05, 4.69) is 0 Å². The van der Waals surface area contributed by atoms with E-state index >= 15 is 0 Å². The maximum atomic E-state index is 11.9. The average molecular weight is 166 g/mol. The van der Waals surface area contributed by atoms with Crippen LogP contribution in [0.2, 0.25) is 0 Å². The number of rotatable bonds is 5. The quantitative estimate of drug-likeness (QED) is 0.658. The Kier molecular flexibility index (Phi) is 5.32. The van der Waals surface area contributed by atoms with E-state index in [4.69, 9.17) is 5.73 Å². The highest BCUT2D eigenvalue weighted by Gasteiger charge is 2.14. The van der Waals surface area contributed by atoms with Crippen molar-refractivity contribution < 1.29 is 8.78 Å². The number of alkyl halides is 2. The van der Waals surface area contributed by atoms with Gasteiger partial charge in [-0.1, -0.05) is 6.92 Å². The second-order valence-corrected chi connectivity index (χ2v) is 2.56. The second kappa shape index (κ2) is 5.43. The molecular weight excluding hydrogens is 150 g/mol. The molecule has 68 valence electrons. The Bertz CT molecular complexity index is 98.4. The van der Waals surface area contributed by atoms with Gasteiger partial charge in [-0.2, -0.15) is 0 Å². The van der Waals surface area contributed by atoms with Gasteiger partial charge in [-0.15, -0.1) is 0 Å². The lowest BCUT2D eigenvalue weighted by atomic mass is 10.3. The molecule has 0 saturated carbocycles. The Balaban J connectivity index is 3.74. The van der Waals surface area contributed by atoms with Crippen LogP contribution in [-0.2, 0) is 0 Å². The average Bonchev–Trinajstić information content (AvgIpc) is 1.98. The molecule has 0 amide bonds. The minimum absolute atomic E-state index is 0.0500. The first kappa shape index (κ1) is 10.8. The molecule has 2 nitrogen and oxygen atoms in total. The van der Waals surface area contributed by atoms with Gasteiger partial charge in [0.15, 0.2) is 0 Å². The topological polar surface area (TPSA) is 29.3 Å². The SMILES string of the molecule is CCN(CC(F)F)[C@H](C)CN. The molecule has 0 aromatic heterocycles. The molecule has 0 bridgehead atoms. The lowest BCUT2D eigenvalue weighted by Crippen LogP contribution is -2.40. The summed E-state index contributed by atoms with van der Waals surface area (Å²) in [4.78, 5) is 1.67. The number of nitrogens with zero attached hydrogens (tertiary/aromatic N) is 1. The smallest absolute Gasteiger partial charge is 0.251 e. The van der Waals surface area contributed by atoms with Crippen LogP contribution in [0.1, 0.15) is 13.8 Å². The molecule has 0 fully saturated rings. The van der Waals surface area contributed by atoms with Gasteiger partial charge in [0.1, 0.15) is 0 Å². The first-order valence-electron chi connectivity index (χ1n) is 3.84. The molecule has 2 N–H and O–H groups in total. The summed E-state index contributed by atoms with van der Waals surface area (Å²) in [6, 6.07) is 0.0500. The molecule has 0 aliphatic rings. The Morgan fingerprint density at radius 1 is 1.45 bits per heavy atom. The van der Waals surface area contributed by atoms with Gasteiger partial charge in [-0.05, 0) is 13.5 Å². The van der Waals surface area contributed by atoms with Gasteiger partial charge in [-0.3, -0.25) is 4.90 Å². The van der Waals surface area contributed by atoms with Gasteiger partial charge in [0.05, 0.1) is 6.54 Å². The molecular formula is C7H16F2N2. The Morgan fingerprint density at radius 2 is 2.00 bits per heavy atom. The summed E-state index contributed by atoms with van der Waals surface area (Å²) in [5.74, 6) is 0. The van der Waals surface area contributed by atoms with Crippen LogP contribution in [0, 0.1) is 0 Å². The molecule has 0 heterocycles. The van der Waals surface area contributed by atoms with Crippen LogP contribution in [0.15, 0.2) is 0 Å². The third kappa shape index (κ3) is 4.27. The van der Waals surface area contributed by atoms with Gasteiger partial charge < -0.3 is 5.73 Å². The monoisotopic (exact) mass is 166 g/mol. The van der Waals surface area contributed by atoms with E-state index < -0.39 is 6.43 Å². The lowest BCUT2D eigenvalue weighted by Gasteiger charge is -2.25. The standard InChI is InChI=1S/C7H16F2N2/c1-3-11(5-7(8)9)6(2)4-10/h6-7H,3-5,10H2,1-2H3/t6-/m1/s1.